The summed E-state index contributed by atoms with van der Waals surface area (Å²) in [4.78, 5) is 14.0. The number of aromatic amines is 1. The number of ketones is 1. The van der Waals surface area contributed by atoms with Gasteiger partial charge in [0.25, 0.3) is 0 Å². The van der Waals surface area contributed by atoms with E-state index in [0.29, 0.717) is 5.56 Å². The Balaban J connectivity index is 1.93. The first-order valence-electron chi connectivity index (χ1n) is 8.19. The number of tetrazole rings is 1. The first kappa shape index (κ1) is 16.6. The zero-order valence-electron chi connectivity index (χ0n) is 14.0. The lowest BCUT2D eigenvalue weighted by atomic mass is 10.1. The van der Waals surface area contributed by atoms with Crippen LogP contribution in [0.4, 0.5) is 11.4 Å². The molecule has 25 heavy (non-hydrogen) atoms. The van der Waals surface area contributed by atoms with Crippen molar-refractivity contribution in [3.8, 4) is 6.07 Å². The number of nitrogens with one attached hydrogen (secondary N) is 2. The number of anilines is 2. The van der Waals surface area contributed by atoms with Crippen LogP contribution in [-0.2, 0) is 0 Å². The summed E-state index contributed by atoms with van der Waals surface area (Å²) < 4.78 is 0. The number of piperidine rings is 1. The van der Waals surface area contributed by atoms with Crippen molar-refractivity contribution in [3.05, 3.63) is 35.8 Å². The van der Waals surface area contributed by atoms with E-state index < -0.39 is 0 Å². The number of carbonyl (C=O) groups is 1. The van der Waals surface area contributed by atoms with E-state index in [9.17, 15) is 10.1 Å². The molecule has 0 bridgehead atoms. The molecule has 2 aromatic rings. The number of Topliss-reactive ketones (excluding diaryl/α,β-unsaturated/α-hetero) is 1. The number of carbonyl (C=O) groups excluding carboxylic acids is 1. The van der Waals surface area contributed by atoms with Crippen molar-refractivity contribution in [2.75, 3.05) is 23.3 Å². The third-order valence-electron chi connectivity index (χ3n) is 4.18. The van der Waals surface area contributed by atoms with Gasteiger partial charge in [-0.15, -0.1) is 10.2 Å². The SMILES string of the molecule is CC(=O)c1ccc(N2CCCCC2)c(NC=C(C#N)c2nn[nH]n2)c1. The lowest BCUT2D eigenvalue weighted by Gasteiger charge is -2.30. The standard InChI is InChI=1S/C17H19N7O/c1-12(25)13-5-6-16(24-7-3-2-4-8-24)15(9-13)19-11-14(10-18)17-20-22-23-21-17/h5-6,9,11,19H,2-4,7-8H2,1H3,(H,20,21,22,23). The predicted octanol–water partition coefficient (Wildman–Crippen LogP) is 2.37. The van der Waals surface area contributed by atoms with Crippen molar-refractivity contribution >= 4 is 22.7 Å². The van der Waals surface area contributed by atoms with E-state index in [1.807, 2.05) is 24.3 Å². The van der Waals surface area contributed by atoms with Gasteiger partial charge in [-0.1, -0.05) is 0 Å². The van der Waals surface area contributed by atoms with Crippen LogP contribution < -0.4 is 10.2 Å². The highest BCUT2D eigenvalue weighted by Gasteiger charge is 2.16. The summed E-state index contributed by atoms with van der Waals surface area (Å²) in [5, 5.41) is 25.9. The maximum absolute atomic E-state index is 11.7. The van der Waals surface area contributed by atoms with E-state index in [4.69, 9.17) is 0 Å². The van der Waals surface area contributed by atoms with Gasteiger partial charge < -0.3 is 10.2 Å². The highest BCUT2D eigenvalue weighted by Crippen LogP contribution is 2.30. The van der Waals surface area contributed by atoms with Gasteiger partial charge in [-0.05, 0) is 49.6 Å². The molecule has 0 atom stereocenters. The molecule has 3 rings (SSSR count). The highest BCUT2D eigenvalue weighted by atomic mass is 16.1. The average molecular weight is 337 g/mol. The summed E-state index contributed by atoms with van der Waals surface area (Å²) in [5.41, 5.74) is 2.68. The van der Waals surface area contributed by atoms with E-state index in [1.54, 1.807) is 0 Å². The Bertz CT molecular complexity index is 814. The van der Waals surface area contributed by atoms with Gasteiger partial charge in [0.15, 0.2) is 5.78 Å². The number of H-pyrrole nitrogens is 1. The molecule has 8 heteroatoms. The zero-order chi connectivity index (χ0) is 17.6. The second kappa shape index (κ2) is 7.57. The number of benzene rings is 1. The molecule has 0 unspecified atom stereocenters. The molecule has 1 aliphatic heterocycles. The zero-order valence-corrected chi connectivity index (χ0v) is 14.0. The van der Waals surface area contributed by atoms with Crippen LogP contribution in [0.3, 0.4) is 0 Å². The number of rotatable bonds is 5. The Hall–Kier alpha value is -3.21. The number of aromatic nitrogens is 4. The van der Waals surface area contributed by atoms with Crippen LogP contribution in [0.15, 0.2) is 24.4 Å². The van der Waals surface area contributed by atoms with Gasteiger partial charge >= 0.3 is 0 Å². The number of hydrogen-bond donors (Lipinski definition) is 2. The summed E-state index contributed by atoms with van der Waals surface area (Å²) in [5.74, 6) is 0.216. The number of allylic oxidation sites excluding steroid dienone is 1. The molecule has 0 aliphatic carbocycles. The van der Waals surface area contributed by atoms with E-state index in [2.05, 4.69) is 30.8 Å². The van der Waals surface area contributed by atoms with Crippen LogP contribution in [0.1, 0.15) is 42.4 Å². The minimum Gasteiger partial charge on any atom is -0.370 e. The van der Waals surface area contributed by atoms with Crippen LogP contribution in [0, 0.1) is 11.3 Å². The van der Waals surface area contributed by atoms with Crippen LogP contribution in [0.5, 0.6) is 0 Å². The summed E-state index contributed by atoms with van der Waals surface area (Å²) in [7, 11) is 0. The van der Waals surface area contributed by atoms with Crippen LogP contribution in [0.2, 0.25) is 0 Å². The maximum Gasteiger partial charge on any atom is 0.216 e. The number of hydrogen-bond acceptors (Lipinski definition) is 7. The Kier molecular flexibility index (Phi) is 5.04. The van der Waals surface area contributed by atoms with E-state index in [1.165, 1.54) is 19.5 Å². The van der Waals surface area contributed by atoms with Crippen molar-refractivity contribution in [2.45, 2.75) is 26.2 Å². The van der Waals surface area contributed by atoms with Crippen molar-refractivity contribution in [1.29, 1.82) is 5.26 Å². The molecular formula is C17H19N7O. The van der Waals surface area contributed by atoms with Gasteiger partial charge in [0, 0.05) is 24.9 Å². The van der Waals surface area contributed by atoms with Crippen molar-refractivity contribution < 1.29 is 4.79 Å². The largest absolute Gasteiger partial charge is 0.370 e. The molecule has 0 amide bonds. The Morgan fingerprint density at radius 2 is 2.16 bits per heavy atom. The predicted molar refractivity (Wildman–Crippen MR) is 93.9 cm³/mol. The van der Waals surface area contributed by atoms with E-state index in [0.717, 1.165) is 37.3 Å². The molecular weight excluding hydrogens is 318 g/mol. The van der Waals surface area contributed by atoms with E-state index in [-0.39, 0.29) is 17.2 Å². The second-order valence-electron chi connectivity index (χ2n) is 5.89. The van der Waals surface area contributed by atoms with E-state index >= 15 is 0 Å². The lowest BCUT2D eigenvalue weighted by Crippen LogP contribution is -2.30. The minimum atomic E-state index is -0.00380. The monoisotopic (exact) mass is 337 g/mol. The number of nitrogens with zero attached hydrogens (tertiary/aromatic N) is 5. The molecule has 2 heterocycles. The summed E-state index contributed by atoms with van der Waals surface area (Å²) >= 11 is 0. The van der Waals surface area contributed by atoms with Gasteiger partial charge in [0.2, 0.25) is 5.82 Å². The molecule has 1 aromatic carbocycles. The van der Waals surface area contributed by atoms with Gasteiger partial charge in [0.05, 0.1) is 11.4 Å². The van der Waals surface area contributed by atoms with Gasteiger partial charge in [-0.2, -0.15) is 10.5 Å². The Morgan fingerprint density at radius 1 is 1.36 bits per heavy atom. The molecule has 0 spiro atoms. The topological polar surface area (TPSA) is 111 Å². The van der Waals surface area contributed by atoms with Crippen molar-refractivity contribution in [2.24, 2.45) is 0 Å². The molecule has 128 valence electrons. The first-order chi connectivity index (χ1) is 12.2. The fourth-order valence-electron chi connectivity index (χ4n) is 2.85. The van der Waals surface area contributed by atoms with Crippen molar-refractivity contribution in [3.63, 3.8) is 0 Å². The quantitative estimate of drug-likeness (QED) is 0.636. The fraction of sp³-hybridized carbons (Fsp3) is 0.353. The lowest BCUT2D eigenvalue weighted by molar-refractivity contribution is 0.101. The Labute approximate surface area is 145 Å². The third-order valence-corrected chi connectivity index (χ3v) is 4.18. The average Bonchev–Trinajstić information content (AvgIpc) is 3.17. The third kappa shape index (κ3) is 3.83. The van der Waals surface area contributed by atoms with Crippen LogP contribution >= 0.6 is 0 Å². The van der Waals surface area contributed by atoms with Gasteiger partial charge in [-0.3, -0.25) is 4.79 Å². The molecule has 0 radical (unpaired) electrons. The molecule has 8 nitrogen and oxygen atoms in total. The van der Waals surface area contributed by atoms with Gasteiger partial charge in [-0.25, -0.2) is 0 Å². The minimum absolute atomic E-state index is 0.00380. The number of nitriles is 1. The molecule has 2 N–H and O–H groups in total. The maximum atomic E-state index is 11.7. The summed E-state index contributed by atoms with van der Waals surface area (Å²) in [6.07, 6.45) is 5.07. The van der Waals surface area contributed by atoms with Crippen LogP contribution in [0.25, 0.3) is 5.57 Å². The Morgan fingerprint density at radius 3 is 2.80 bits per heavy atom. The smallest absolute Gasteiger partial charge is 0.216 e. The van der Waals surface area contributed by atoms with Crippen molar-refractivity contribution in [1.82, 2.24) is 20.6 Å². The molecule has 1 aliphatic rings. The second-order valence-corrected chi connectivity index (χ2v) is 5.89. The highest BCUT2D eigenvalue weighted by molar-refractivity contribution is 5.96. The first-order valence-corrected chi connectivity index (χ1v) is 8.19. The molecule has 1 aromatic heterocycles. The normalized spacial score (nSPS) is 14.9. The summed E-state index contributed by atoms with van der Waals surface area (Å²) in [6, 6.07) is 7.65. The molecule has 1 fully saturated rings. The van der Waals surface area contributed by atoms with Gasteiger partial charge in [0.1, 0.15) is 11.6 Å². The summed E-state index contributed by atoms with van der Waals surface area (Å²) in [6.45, 7) is 3.50. The molecule has 1 saturated heterocycles. The molecule has 0 saturated carbocycles. The van der Waals surface area contributed by atoms with Crippen LogP contribution in [-0.4, -0.2) is 39.5 Å². The fourth-order valence-corrected chi connectivity index (χ4v) is 2.85.